The highest BCUT2D eigenvalue weighted by Crippen LogP contribution is 2.26. The molecule has 0 bridgehead atoms. The van der Waals surface area contributed by atoms with Crippen molar-refractivity contribution in [2.75, 3.05) is 29.4 Å². The summed E-state index contributed by atoms with van der Waals surface area (Å²) in [5, 5.41) is 7.17. The molecule has 15 heteroatoms. The molecule has 2 N–H and O–H groups in total. The Bertz CT molecular complexity index is 1650. The van der Waals surface area contributed by atoms with Crippen molar-refractivity contribution < 1.29 is 17.9 Å². The highest BCUT2D eigenvalue weighted by Gasteiger charge is 2.29. The molecule has 11 nitrogen and oxygen atoms in total. The molecule has 0 spiro atoms. The number of pyridine rings is 1. The van der Waals surface area contributed by atoms with Gasteiger partial charge in [0.2, 0.25) is 10.0 Å². The zero-order chi connectivity index (χ0) is 30.4. The van der Waals surface area contributed by atoms with Gasteiger partial charge in [0.1, 0.15) is 11.5 Å². The average molecular weight is 713 g/mol. The largest absolute Gasteiger partial charge is 0.457 e. The molecular weight excluding hydrogens is 673 g/mol. The fourth-order valence-electron chi connectivity index (χ4n) is 5.14. The molecule has 1 aliphatic rings. The second-order valence-electron chi connectivity index (χ2n) is 10.9. The number of ether oxygens (including phenoxy) is 1. The summed E-state index contributed by atoms with van der Waals surface area (Å²) in [7, 11) is -1.50. The molecule has 5 rings (SSSR count). The van der Waals surface area contributed by atoms with Crippen LogP contribution in [0.1, 0.15) is 29.7 Å². The number of hydrogen-bond donors (Lipinski definition) is 2. The molecule has 0 saturated carbocycles. The third-order valence-electron chi connectivity index (χ3n) is 7.38. The Morgan fingerprint density at radius 2 is 1.61 bits per heavy atom. The van der Waals surface area contributed by atoms with Gasteiger partial charge in [0, 0.05) is 50.8 Å². The number of amides is 2. The number of nitrogens with zero attached hydrogens (tertiary/aromatic N) is 5. The van der Waals surface area contributed by atoms with Gasteiger partial charge in [0.05, 0.1) is 30.4 Å². The predicted octanol–water partition coefficient (Wildman–Crippen LogP) is 6.25. The maximum Gasteiger partial charge on any atom is 0.322 e. The van der Waals surface area contributed by atoms with Gasteiger partial charge < -0.3 is 15.0 Å². The van der Waals surface area contributed by atoms with Crippen LogP contribution in [-0.4, -0.2) is 64.4 Å². The molecule has 2 amide bonds. The summed E-state index contributed by atoms with van der Waals surface area (Å²) >= 11 is 0. The Labute approximate surface area is 289 Å². The normalized spacial score (nSPS) is 13.4. The van der Waals surface area contributed by atoms with Gasteiger partial charge in [-0.05, 0) is 73.4 Å². The van der Waals surface area contributed by atoms with Crippen LogP contribution >= 0.6 is 37.2 Å². The summed E-state index contributed by atoms with van der Waals surface area (Å²) < 4.78 is 32.8. The van der Waals surface area contributed by atoms with Crippen molar-refractivity contribution in [3.8, 4) is 11.5 Å². The van der Waals surface area contributed by atoms with Crippen LogP contribution in [0.2, 0.25) is 0 Å². The van der Waals surface area contributed by atoms with Crippen molar-refractivity contribution >= 4 is 64.7 Å². The number of anilines is 2. The van der Waals surface area contributed by atoms with Gasteiger partial charge in [0.15, 0.2) is 0 Å². The molecule has 4 aromatic rings. The first-order valence-electron chi connectivity index (χ1n) is 14.1. The number of likely N-dealkylation sites (tertiary alicyclic amines) is 1. The highest BCUT2D eigenvalue weighted by atomic mass is 35.5. The van der Waals surface area contributed by atoms with Gasteiger partial charge >= 0.3 is 6.03 Å². The lowest BCUT2D eigenvalue weighted by Crippen LogP contribution is -2.48. The Hall–Kier alpha value is -3.55. The van der Waals surface area contributed by atoms with Crippen LogP contribution in [0.3, 0.4) is 0 Å². The maximum atomic E-state index is 13.4. The number of aromatic nitrogens is 3. The van der Waals surface area contributed by atoms with Crippen LogP contribution in [0.15, 0.2) is 79.3 Å². The molecule has 1 fully saturated rings. The minimum atomic E-state index is -3.32. The molecule has 1 aliphatic heterocycles. The Balaban J connectivity index is 0.00000245. The highest BCUT2D eigenvalue weighted by molar-refractivity contribution is 7.92. The second kappa shape index (κ2) is 17.4. The summed E-state index contributed by atoms with van der Waals surface area (Å²) in [5.41, 5.74) is 4.29. The summed E-state index contributed by atoms with van der Waals surface area (Å²) in [4.78, 5) is 22.3. The van der Waals surface area contributed by atoms with Crippen LogP contribution in [0.5, 0.6) is 11.5 Å². The number of urea groups is 1. The number of halogens is 3. The predicted molar refractivity (Wildman–Crippen MR) is 188 cm³/mol. The van der Waals surface area contributed by atoms with Crippen molar-refractivity contribution in [1.29, 1.82) is 0 Å². The van der Waals surface area contributed by atoms with E-state index in [2.05, 4.69) is 37.2 Å². The second-order valence-corrected chi connectivity index (χ2v) is 12.6. The number of rotatable bonds is 10. The summed E-state index contributed by atoms with van der Waals surface area (Å²) in [5.74, 6) is 1.32. The molecule has 250 valence electrons. The topological polar surface area (TPSA) is 122 Å². The maximum absolute atomic E-state index is 13.4. The van der Waals surface area contributed by atoms with Crippen molar-refractivity contribution in [2.24, 2.45) is 7.05 Å². The van der Waals surface area contributed by atoms with Crippen LogP contribution in [0, 0.1) is 6.92 Å². The van der Waals surface area contributed by atoms with Gasteiger partial charge in [-0.3, -0.25) is 19.3 Å². The van der Waals surface area contributed by atoms with Crippen LogP contribution in [0.4, 0.5) is 16.2 Å². The number of carbonyl (C=O) groups excluding carboxylic acids is 1. The van der Waals surface area contributed by atoms with Crippen molar-refractivity contribution in [1.82, 2.24) is 24.6 Å². The molecular formula is C31H40Cl3N7O4S. The van der Waals surface area contributed by atoms with Crippen molar-refractivity contribution in [2.45, 2.75) is 38.9 Å². The van der Waals surface area contributed by atoms with E-state index in [0.717, 1.165) is 50.0 Å². The van der Waals surface area contributed by atoms with Gasteiger partial charge in [-0.1, -0.05) is 18.2 Å². The lowest BCUT2D eigenvalue weighted by molar-refractivity contribution is 0.119. The number of sulfonamides is 1. The van der Waals surface area contributed by atoms with E-state index in [1.54, 1.807) is 47.5 Å². The first kappa shape index (κ1) is 38.6. The molecule has 0 unspecified atom stereocenters. The number of nitrogens with one attached hydrogen (secondary N) is 2. The molecule has 2 aromatic heterocycles. The fraction of sp³-hybridized carbons (Fsp3) is 0.323. The van der Waals surface area contributed by atoms with E-state index < -0.39 is 10.0 Å². The van der Waals surface area contributed by atoms with E-state index in [9.17, 15) is 13.2 Å². The van der Waals surface area contributed by atoms with Crippen molar-refractivity contribution in [3.63, 3.8) is 0 Å². The van der Waals surface area contributed by atoms with Gasteiger partial charge in [-0.25, -0.2) is 13.2 Å². The van der Waals surface area contributed by atoms with Crippen molar-refractivity contribution in [3.05, 3.63) is 96.1 Å². The minimum absolute atomic E-state index is 0. The van der Waals surface area contributed by atoms with Crippen LogP contribution in [0.25, 0.3) is 0 Å². The van der Waals surface area contributed by atoms with E-state index in [1.807, 2.05) is 43.1 Å². The van der Waals surface area contributed by atoms with Gasteiger partial charge in [-0.15, -0.1) is 37.2 Å². The minimum Gasteiger partial charge on any atom is -0.457 e. The number of hydrogen-bond acceptors (Lipinski definition) is 7. The molecule has 1 saturated heterocycles. The lowest BCUT2D eigenvalue weighted by Gasteiger charge is -2.38. The lowest BCUT2D eigenvalue weighted by atomic mass is 10.0. The molecule has 0 radical (unpaired) electrons. The number of carbonyl (C=O) groups is 1. The van der Waals surface area contributed by atoms with E-state index in [1.165, 1.54) is 5.56 Å². The van der Waals surface area contributed by atoms with Gasteiger partial charge in [0.25, 0.3) is 0 Å². The average Bonchev–Trinajstić information content (AvgIpc) is 3.38. The SMILES string of the molecule is Cc1cccnc1CN(C(=O)Nc1cnn(C)c1)C1CCN(Cc2ccc(Oc3ccc(NS(C)(=O)=O)cc3)cc2)CC1.Cl.Cl.Cl. The van der Waals surface area contributed by atoms with E-state index in [0.29, 0.717) is 29.4 Å². The quantitative estimate of drug-likeness (QED) is 0.199. The first-order valence-corrected chi connectivity index (χ1v) is 16.0. The van der Waals surface area contributed by atoms with Crippen LogP contribution < -0.4 is 14.8 Å². The Morgan fingerprint density at radius 1 is 0.978 bits per heavy atom. The Kier molecular flexibility index (Phi) is 14.6. The zero-order valence-corrected chi connectivity index (χ0v) is 29.1. The van der Waals surface area contributed by atoms with E-state index in [-0.39, 0.29) is 49.3 Å². The van der Waals surface area contributed by atoms with Crippen LogP contribution in [-0.2, 0) is 30.2 Å². The summed E-state index contributed by atoms with van der Waals surface area (Å²) in [6.07, 6.45) is 8.04. The molecule has 0 atom stereocenters. The van der Waals surface area contributed by atoms with E-state index in [4.69, 9.17) is 4.74 Å². The van der Waals surface area contributed by atoms with Gasteiger partial charge in [-0.2, -0.15) is 5.10 Å². The third kappa shape index (κ3) is 11.1. The summed E-state index contributed by atoms with van der Waals surface area (Å²) in [6, 6.07) is 18.6. The fourth-order valence-corrected chi connectivity index (χ4v) is 5.71. The number of benzene rings is 2. The molecule has 46 heavy (non-hydrogen) atoms. The third-order valence-corrected chi connectivity index (χ3v) is 7.98. The molecule has 0 aliphatic carbocycles. The first-order chi connectivity index (χ1) is 20.6. The Morgan fingerprint density at radius 3 is 2.17 bits per heavy atom. The number of piperidine rings is 1. The standard InChI is InChI=1S/C31H37N7O4S.3ClH/c1-23-5-4-16-32-30(23)22-38(31(39)34-26-19-33-36(2)21-26)27-14-17-37(18-15-27)20-24-6-10-28(11-7-24)42-29-12-8-25(9-13-29)35-43(3,40)41;;;/h4-13,16,19,21,27,35H,14-15,17-18,20,22H2,1-3H3,(H,34,39);3*1H. The smallest absolute Gasteiger partial charge is 0.322 e. The summed E-state index contributed by atoms with van der Waals surface area (Å²) in [6.45, 7) is 5.01. The monoisotopic (exact) mass is 711 g/mol. The number of aryl methyl sites for hydroxylation is 2. The molecule has 2 aromatic carbocycles. The molecule has 3 heterocycles. The van der Waals surface area contributed by atoms with E-state index >= 15 is 0 Å². The zero-order valence-electron chi connectivity index (χ0n) is 25.8.